The van der Waals surface area contributed by atoms with Crippen molar-refractivity contribution in [2.24, 2.45) is 0 Å². The molecule has 0 aliphatic rings. The molecule has 1 rings (SSSR count). The average Bonchev–Trinajstić information content (AvgIpc) is 2.51. The van der Waals surface area contributed by atoms with E-state index in [0.29, 0.717) is 19.5 Å². The molecule has 1 aromatic carbocycles. The van der Waals surface area contributed by atoms with Crippen LogP contribution in [0.1, 0.15) is 20.3 Å². The second-order valence-electron chi connectivity index (χ2n) is 5.20. The van der Waals surface area contributed by atoms with Crippen LogP contribution in [-0.4, -0.2) is 45.9 Å². The Bertz CT molecular complexity index is 465. The number of carbonyl (C=O) groups excluding carboxylic acids is 1. The van der Waals surface area contributed by atoms with Crippen LogP contribution in [0.25, 0.3) is 0 Å². The van der Waals surface area contributed by atoms with E-state index in [-0.39, 0.29) is 5.97 Å². The number of nitrogens with one attached hydrogen (secondary N) is 1. The Balaban J connectivity index is 2.78. The number of anilines is 1. The summed E-state index contributed by atoms with van der Waals surface area (Å²) in [4.78, 5) is 14.0. The summed E-state index contributed by atoms with van der Waals surface area (Å²) in [7, 11) is 5.06. The van der Waals surface area contributed by atoms with Crippen molar-refractivity contribution in [3.05, 3.63) is 24.3 Å². The molecule has 0 aliphatic heterocycles. The van der Waals surface area contributed by atoms with Gasteiger partial charge in [0, 0.05) is 13.6 Å². The molecule has 1 N–H and O–H groups in total. The molecule has 0 spiro atoms. The molecule has 1 unspecified atom stereocenters. The highest BCUT2D eigenvalue weighted by molar-refractivity contribution is 5.80. The summed E-state index contributed by atoms with van der Waals surface area (Å²) in [5.41, 5.74) is 0.323. The molecule has 0 fully saturated rings. The minimum atomic E-state index is -0.681. The van der Waals surface area contributed by atoms with E-state index in [4.69, 9.17) is 9.47 Å². The summed E-state index contributed by atoms with van der Waals surface area (Å²) in [6.07, 6.45) is 0.641. The zero-order valence-corrected chi connectivity index (χ0v) is 13.6. The van der Waals surface area contributed by atoms with Crippen LogP contribution in [0.5, 0.6) is 5.75 Å². The lowest BCUT2D eigenvalue weighted by molar-refractivity contribution is -0.148. The number of methoxy groups -OCH3 is 2. The first-order valence-corrected chi connectivity index (χ1v) is 7.16. The molecule has 21 heavy (non-hydrogen) atoms. The Kier molecular flexibility index (Phi) is 6.49. The summed E-state index contributed by atoms with van der Waals surface area (Å²) >= 11 is 0. The molecular weight excluding hydrogens is 268 g/mol. The van der Waals surface area contributed by atoms with Gasteiger partial charge >= 0.3 is 5.97 Å². The van der Waals surface area contributed by atoms with Gasteiger partial charge in [0.2, 0.25) is 0 Å². The molecule has 0 heterocycles. The minimum absolute atomic E-state index is 0.238. The van der Waals surface area contributed by atoms with Gasteiger partial charge in [-0.2, -0.15) is 0 Å². The van der Waals surface area contributed by atoms with Crippen LogP contribution in [0, 0.1) is 0 Å². The molecule has 1 aromatic rings. The predicted octanol–water partition coefficient (Wildman–Crippen LogP) is 2.06. The van der Waals surface area contributed by atoms with E-state index in [2.05, 4.69) is 10.2 Å². The second kappa shape index (κ2) is 7.88. The third kappa shape index (κ3) is 4.36. The lowest BCUT2D eigenvalue weighted by Crippen LogP contribution is -2.51. The monoisotopic (exact) mass is 294 g/mol. The Morgan fingerprint density at radius 1 is 1.33 bits per heavy atom. The molecule has 0 radical (unpaired) electrons. The van der Waals surface area contributed by atoms with Gasteiger partial charge in [0.1, 0.15) is 11.3 Å². The third-order valence-electron chi connectivity index (χ3n) is 3.65. The fourth-order valence-electron chi connectivity index (χ4n) is 2.33. The van der Waals surface area contributed by atoms with Crippen molar-refractivity contribution in [3.8, 4) is 5.75 Å². The highest BCUT2D eigenvalue weighted by Gasteiger charge is 2.33. The summed E-state index contributed by atoms with van der Waals surface area (Å²) < 4.78 is 10.3. The largest absolute Gasteiger partial charge is 0.495 e. The molecule has 0 saturated carbocycles. The van der Waals surface area contributed by atoms with Crippen molar-refractivity contribution < 1.29 is 14.3 Å². The van der Waals surface area contributed by atoms with E-state index in [1.807, 2.05) is 45.2 Å². The van der Waals surface area contributed by atoms with Gasteiger partial charge < -0.3 is 19.7 Å². The highest BCUT2D eigenvalue weighted by atomic mass is 16.5. The third-order valence-corrected chi connectivity index (χ3v) is 3.65. The van der Waals surface area contributed by atoms with Crippen molar-refractivity contribution in [2.75, 3.05) is 39.3 Å². The van der Waals surface area contributed by atoms with E-state index < -0.39 is 5.54 Å². The van der Waals surface area contributed by atoms with Crippen LogP contribution < -0.4 is 15.0 Å². The molecule has 0 aromatic heterocycles. The van der Waals surface area contributed by atoms with E-state index in [0.717, 1.165) is 11.4 Å². The topological polar surface area (TPSA) is 50.8 Å². The lowest BCUT2D eigenvalue weighted by Gasteiger charge is -2.30. The van der Waals surface area contributed by atoms with Crippen molar-refractivity contribution in [2.45, 2.75) is 25.8 Å². The van der Waals surface area contributed by atoms with Crippen molar-refractivity contribution in [1.82, 2.24) is 5.32 Å². The summed E-state index contributed by atoms with van der Waals surface area (Å²) in [6, 6.07) is 7.84. The van der Waals surface area contributed by atoms with Crippen LogP contribution >= 0.6 is 0 Å². The van der Waals surface area contributed by atoms with Gasteiger partial charge in [0.15, 0.2) is 0 Å². The molecule has 118 valence electrons. The molecular formula is C16H26N2O3. The van der Waals surface area contributed by atoms with Gasteiger partial charge in [-0.25, -0.2) is 0 Å². The number of nitrogens with zero attached hydrogens (tertiary/aromatic N) is 1. The maximum atomic E-state index is 12.0. The normalized spacial score (nSPS) is 13.4. The molecule has 0 aliphatic carbocycles. The van der Waals surface area contributed by atoms with Crippen LogP contribution in [0.15, 0.2) is 24.3 Å². The van der Waals surface area contributed by atoms with Crippen molar-refractivity contribution >= 4 is 11.7 Å². The lowest BCUT2D eigenvalue weighted by atomic mass is 9.97. The van der Waals surface area contributed by atoms with E-state index in [9.17, 15) is 4.79 Å². The second-order valence-corrected chi connectivity index (χ2v) is 5.20. The number of rotatable bonds is 8. The number of ether oxygens (including phenoxy) is 2. The Morgan fingerprint density at radius 3 is 2.57 bits per heavy atom. The number of benzene rings is 1. The summed E-state index contributed by atoms with van der Waals surface area (Å²) in [5, 5.41) is 3.21. The number of para-hydroxylation sites is 2. The zero-order chi connectivity index (χ0) is 15.9. The van der Waals surface area contributed by atoms with Crippen LogP contribution in [0.2, 0.25) is 0 Å². The number of esters is 1. The van der Waals surface area contributed by atoms with Gasteiger partial charge in [-0.05, 0) is 32.0 Å². The highest BCUT2D eigenvalue weighted by Crippen LogP contribution is 2.27. The van der Waals surface area contributed by atoms with Gasteiger partial charge in [-0.3, -0.25) is 4.79 Å². The van der Waals surface area contributed by atoms with Crippen LogP contribution in [0.4, 0.5) is 5.69 Å². The smallest absolute Gasteiger partial charge is 0.325 e. The number of likely N-dealkylation sites (N-methyl/N-ethyl adjacent to an activating group) is 1. The fourth-order valence-corrected chi connectivity index (χ4v) is 2.33. The molecule has 0 amide bonds. The molecule has 1 atom stereocenters. The van der Waals surface area contributed by atoms with Gasteiger partial charge in [-0.1, -0.05) is 19.1 Å². The number of hydrogen-bond donors (Lipinski definition) is 1. The van der Waals surface area contributed by atoms with Crippen LogP contribution in [0.3, 0.4) is 0 Å². The number of hydrogen-bond acceptors (Lipinski definition) is 5. The minimum Gasteiger partial charge on any atom is -0.495 e. The van der Waals surface area contributed by atoms with E-state index >= 15 is 0 Å². The SMILES string of the molecule is CCNC(C)(CCN(C)c1ccccc1OC)C(=O)OC. The fraction of sp³-hybridized carbons (Fsp3) is 0.562. The Labute approximate surface area is 127 Å². The summed E-state index contributed by atoms with van der Waals surface area (Å²) in [6.45, 7) is 5.27. The van der Waals surface area contributed by atoms with Crippen LogP contribution in [-0.2, 0) is 9.53 Å². The van der Waals surface area contributed by atoms with Crippen molar-refractivity contribution in [3.63, 3.8) is 0 Å². The Morgan fingerprint density at radius 2 is 2.00 bits per heavy atom. The Hall–Kier alpha value is -1.75. The standard InChI is InChI=1S/C16H26N2O3/c1-6-17-16(2,15(19)21-5)11-12-18(3)13-9-7-8-10-14(13)20-4/h7-10,17H,6,11-12H2,1-5H3. The molecule has 0 saturated heterocycles. The first-order chi connectivity index (χ1) is 9.98. The maximum absolute atomic E-state index is 12.0. The molecule has 5 nitrogen and oxygen atoms in total. The van der Waals surface area contributed by atoms with E-state index in [1.165, 1.54) is 7.11 Å². The summed E-state index contributed by atoms with van der Waals surface area (Å²) in [5.74, 6) is 0.584. The van der Waals surface area contributed by atoms with Gasteiger partial charge in [-0.15, -0.1) is 0 Å². The van der Waals surface area contributed by atoms with Gasteiger partial charge in [0.05, 0.1) is 19.9 Å². The molecule has 0 bridgehead atoms. The quantitative estimate of drug-likeness (QED) is 0.744. The predicted molar refractivity (Wildman–Crippen MR) is 85.0 cm³/mol. The first-order valence-electron chi connectivity index (χ1n) is 7.16. The first kappa shape index (κ1) is 17.3. The maximum Gasteiger partial charge on any atom is 0.325 e. The van der Waals surface area contributed by atoms with Gasteiger partial charge in [0.25, 0.3) is 0 Å². The van der Waals surface area contributed by atoms with E-state index in [1.54, 1.807) is 7.11 Å². The zero-order valence-electron chi connectivity index (χ0n) is 13.6. The average molecular weight is 294 g/mol. The van der Waals surface area contributed by atoms with Crippen molar-refractivity contribution in [1.29, 1.82) is 0 Å². The molecule has 5 heteroatoms. The number of carbonyl (C=O) groups is 1.